The maximum atomic E-state index is 13.7. The number of rotatable bonds is 4. The van der Waals surface area contributed by atoms with Crippen LogP contribution in [0.4, 0.5) is 0 Å². The quantitative estimate of drug-likeness (QED) is 0.682. The SMILES string of the molecule is CCCn1c(C(=O)N2C3CCC2CC(OC)C3)cc2c(=O)n3ccccc3nc21. The highest BCUT2D eigenvalue weighted by atomic mass is 16.5. The number of methoxy groups -OCH3 is 1. The van der Waals surface area contributed by atoms with Crippen molar-refractivity contribution in [2.75, 3.05) is 7.11 Å². The molecular formula is C22H26N4O3. The van der Waals surface area contributed by atoms with Gasteiger partial charge in [-0.2, -0.15) is 0 Å². The first kappa shape index (κ1) is 18.4. The number of carbonyl (C=O) groups excluding carboxylic acids is 1. The van der Waals surface area contributed by atoms with Gasteiger partial charge in [-0.15, -0.1) is 0 Å². The summed E-state index contributed by atoms with van der Waals surface area (Å²) in [6, 6.07) is 7.68. The molecule has 2 atom stereocenters. The summed E-state index contributed by atoms with van der Waals surface area (Å²) in [5.74, 6) is 0.0203. The van der Waals surface area contributed by atoms with Crippen LogP contribution in [0.2, 0.25) is 0 Å². The van der Waals surface area contributed by atoms with Crippen LogP contribution in [-0.4, -0.2) is 50.1 Å². The van der Waals surface area contributed by atoms with E-state index in [9.17, 15) is 9.59 Å². The Balaban J connectivity index is 1.64. The van der Waals surface area contributed by atoms with Gasteiger partial charge in [0.05, 0.1) is 11.5 Å². The summed E-state index contributed by atoms with van der Waals surface area (Å²) in [6.45, 7) is 2.73. The van der Waals surface area contributed by atoms with E-state index in [0.29, 0.717) is 28.9 Å². The summed E-state index contributed by atoms with van der Waals surface area (Å²) < 4.78 is 9.06. The lowest BCUT2D eigenvalue weighted by molar-refractivity contribution is 0.00773. The normalized spacial score (nSPS) is 23.9. The average molecular weight is 394 g/mol. The molecule has 7 heteroatoms. The number of piperidine rings is 1. The predicted octanol–water partition coefficient (Wildman–Crippen LogP) is 2.84. The zero-order chi connectivity index (χ0) is 20.1. The van der Waals surface area contributed by atoms with Crippen LogP contribution < -0.4 is 5.56 Å². The molecular weight excluding hydrogens is 368 g/mol. The maximum Gasteiger partial charge on any atom is 0.271 e. The van der Waals surface area contributed by atoms with E-state index in [4.69, 9.17) is 9.72 Å². The molecule has 29 heavy (non-hydrogen) atoms. The molecule has 0 spiro atoms. The molecule has 5 heterocycles. The lowest BCUT2D eigenvalue weighted by Crippen LogP contribution is -2.48. The van der Waals surface area contributed by atoms with Crippen molar-refractivity contribution in [3.05, 3.63) is 46.5 Å². The molecule has 0 aromatic carbocycles. The molecule has 2 aliphatic rings. The van der Waals surface area contributed by atoms with E-state index in [2.05, 4.69) is 6.92 Å². The van der Waals surface area contributed by atoms with Gasteiger partial charge in [0.15, 0.2) is 0 Å². The number of hydrogen-bond acceptors (Lipinski definition) is 4. The van der Waals surface area contributed by atoms with Gasteiger partial charge in [-0.1, -0.05) is 13.0 Å². The minimum Gasteiger partial charge on any atom is -0.381 e. The Bertz CT molecular complexity index is 1130. The van der Waals surface area contributed by atoms with Crippen LogP contribution in [0.25, 0.3) is 16.7 Å². The van der Waals surface area contributed by atoms with Crippen LogP contribution in [-0.2, 0) is 11.3 Å². The highest BCUT2D eigenvalue weighted by Gasteiger charge is 2.44. The van der Waals surface area contributed by atoms with Gasteiger partial charge in [-0.25, -0.2) is 4.98 Å². The number of carbonyl (C=O) groups is 1. The molecule has 2 bridgehead atoms. The third kappa shape index (κ3) is 2.79. The molecule has 3 aromatic rings. The fourth-order valence-corrected chi connectivity index (χ4v) is 5.16. The van der Waals surface area contributed by atoms with E-state index in [1.54, 1.807) is 23.8 Å². The zero-order valence-electron chi connectivity index (χ0n) is 16.9. The van der Waals surface area contributed by atoms with Crippen LogP contribution in [0, 0.1) is 0 Å². The summed E-state index contributed by atoms with van der Waals surface area (Å²) in [6.07, 6.45) is 6.63. The van der Waals surface area contributed by atoms with E-state index in [0.717, 1.165) is 32.1 Å². The van der Waals surface area contributed by atoms with Crippen molar-refractivity contribution in [2.45, 2.75) is 63.8 Å². The number of aromatic nitrogens is 3. The Morgan fingerprint density at radius 2 is 2.00 bits per heavy atom. The van der Waals surface area contributed by atoms with Gasteiger partial charge in [-0.3, -0.25) is 14.0 Å². The van der Waals surface area contributed by atoms with Crippen molar-refractivity contribution in [3.8, 4) is 0 Å². The number of hydrogen-bond donors (Lipinski definition) is 0. The Kier molecular flexibility index (Phi) is 4.42. The Morgan fingerprint density at radius 1 is 1.24 bits per heavy atom. The summed E-state index contributed by atoms with van der Waals surface area (Å²) in [5, 5.41) is 0.504. The van der Waals surface area contributed by atoms with Crippen LogP contribution in [0.1, 0.15) is 49.5 Å². The Morgan fingerprint density at radius 3 is 2.69 bits per heavy atom. The molecule has 1 amide bonds. The van der Waals surface area contributed by atoms with E-state index in [1.807, 2.05) is 27.7 Å². The minimum absolute atomic E-state index is 0.0203. The molecule has 2 fully saturated rings. The van der Waals surface area contributed by atoms with Crippen LogP contribution in [0.3, 0.4) is 0 Å². The van der Waals surface area contributed by atoms with Crippen molar-refractivity contribution in [3.63, 3.8) is 0 Å². The van der Waals surface area contributed by atoms with Crippen molar-refractivity contribution in [1.29, 1.82) is 0 Å². The molecule has 2 unspecified atom stereocenters. The van der Waals surface area contributed by atoms with Crippen molar-refractivity contribution in [2.24, 2.45) is 0 Å². The van der Waals surface area contributed by atoms with Gasteiger partial charge in [-0.05, 0) is 50.3 Å². The number of fused-ring (bicyclic) bond motifs is 4. The van der Waals surface area contributed by atoms with E-state index >= 15 is 0 Å². The van der Waals surface area contributed by atoms with Crippen LogP contribution in [0.5, 0.6) is 0 Å². The highest BCUT2D eigenvalue weighted by Crippen LogP contribution is 2.38. The van der Waals surface area contributed by atoms with Crippen LogP contribution >= 0.6 is 0 Å². The van der Waals surface area contributed by atoms with E-state index < -0.39 is 0 Å². The van der Waals surface area contributed by atoms with Gasteiger partial charge in [0, 0.05) is 31.9 Å². The maximum absolute atomic E-state index is 13.7. The summed E-state index contributed by atoms with van der Waals surface area (Å²) in [5.41, 5.74) is 1.65. The number of pyridine rings is 1. The lowest BCUT2D eigenvalue weighted by atomic mass is 9.99. The second-order valence-corrected chi connectivity index (χ2v) is 8.19. The van der Waals surface area contributed by atoms with Crippen LogP contribution in [0.15, 0.2) is 35.3 Å². The first-order chi connectivity index (χ1) is 14.1. The number of ether oxygens (including phenoxy) is 1. The molecule has 0 saturated carbocycles. The van der Waals surface area contributed by atoms with Crippen molar-refractivity contribution in [1.82, 2.24) is 18.9 Å². The minimum atomic E-state index is -0.129. The monoisotopic (exact) mass is 394 g/mol. The smallest absolute Gasteiger partial charge is 0.271 e. The van der Waals surface area contributed by atoms with E-state index in [-0.39, 0.29) is 29.7 Å². The second kappa shape index (κ2) is 6.99. The summed E-state index contributed by atoms with van der Waals surface area (Å²) in [7, 11) is 1.75. The third-order valence-electron chi connectivity index (χ3n) is 6.50. The molecule has 152 valence electrons. The molecule has 7 nitrogen and oxygen atoms in total. The molecule has 3 aromatic heterocycles. The second-order valence-electron chi connectivity index (χ2n) is 8.19. The molecule has 5 rings (SSSR count). The Hall–Kier alpha value is -2.67. The standard InChI is InChI=1S/C22H26N4O3/c1-3-9-24-18(22(28)26-14-7-8-15(26)12-16(11-14)29-2)13-17-20(24)23-19-6-4-5-10-25(19)21(17)27/h4-6,10,13-16H,3,7-9,11-12H2,1-2H3. The van der Waals surface area contributed by atoms with Gasteiger partial charge in [0.25, 0.3) is 11.5 Å². The zero-order valence-corrected chi connectivity index (χ0v) is 16.9. The van der Waals surface area contributed by atoms with Crippen molar-refractivity contribution >= 4 is 22.6 Å². The predicted molar refractivity (Wildman–Crippen MR) is 110 cm³/mol. The fourth-order valence-electron chi connectivity index (χ4n) is 5.16. The van der Waals surface area contributed by atoms with Gasteiger partial charge < -0.3 is 14.2 Å². The first-order valence-electron chi connectivity index (χ1n) is 10.5. The van der Waals surface area contributed by atoms with Gasteiger partial charge >= 0.3 is 0 Å². The molecule has 0 N–H and O–H groups in total. The lowest BCUT2D eigenvalue weighted by Gasteiger charge is -2.38. The van der Waals surface area contributed by atoms with E-state index in [1.165, 1.54) is 0 Å². The Labute approximate surface area is 168 Å². The largest absolute Gasteiger partial charge is 0.381 e. The third-order valence-corrected chi connectivity index (χ3v) is 6.50. The number of nitrogens with zero attached hydrogens (tertiary/aromatic N) is 4. The number of amides is 1. The molecule has 2 aliphatic heterocycles. The van der Waals surface area contributed by atoms with Crippen molar-refractivity contribution < 1.29 is 9.53 Å². The summed E-state index contributed by atoms with van der Waals surface area (Å²) >= 11 is 0. The highest BCUT2D eigenvalue weighted by molar-refractivity contribution is 5.98. The molecule has 2 saturated heterocycles. The topological polar surface area (TPSA) is 68.8 Å². The summed E-state index contributed by atoms with van der Waals surface area (Å²) in [4.78, 5) is 33.5. The van der Waals surface area contributed by atoms with Gasteiger partial charge in [0.1, 0.15) is 17.0 Å². The van der Waals surface area contributed by atoms with Gasteiger partial charge in [0.2, 0.25) is 0 Å². The molecule has 0 aliphatic carbocycles. The molecule has 0 radical (unpaired) electrons. The average Bonchev–Trinajstić information content (AvgIpc) is 3.23. The first-order valence-corrected chi connectivity index (χ1v) is 10.5. The number of aryl methyl sites for hydroxylation is 1. The fraction of sp³-hybridized carbons (Fsp3) is 0.500.